The number of rotatable bonds is 6. The first kappa shape index (κ1) is 25.1. The summed E-state index contributed by atoms with van der Waals surface area (Å²) in [6.45, 7) is 6.61. The molecule has 0 saturated heterocycles. The number of hydrogen-bond acceptors (Lipinski definition) is 4. The summed E-state index contributed by atoms with van der Waals surface area (Å²) in [5.74, 6) is -0.0440. The maximum absolute atomic E-state index is 15.3. The molecule has 3 aromatic carbocycles. The number of halogens is 1. The second kappa shape index (κ2) is 9.84. The minimum atomic E-state index is -0.849. The van der Waals surface area contributed by atoms with Gasteiger partial charge in [-0.05, 0) is 97.3 Å². The highest BCUT2D eigenvalue weighted by atomic mass is 19.1. The predicted molar refractivity (Wildman–Crippen MR) is 148 cm³/mol. The van der Waals surface area contributed by atoms with Gasteiger partial charge in [-0.3, -0.25) is 9.78 Å². The molecule has 2 aliphatic rings. The molecule has 0 bridgehead atoms. The Kier molecular flexibility index (Phi) is 6.34. The quantitative estimate of drug-likeness (QED) is 0.283. The molecule has 0 saturated carbocycles. The molecule has 1 aromatic heterocycles. The van der Waals surface area contributed by atoms with Gasteiger partial charge >= 0.3 is 5.97 Å². The van der Waals surface area contributed by atoms with Gasteiger partial charge in [0.15, 0.2) is 0 Å². The van der Waals surface area contributed by atoms with Gasteiger partial charge in [-0.25, -0.2) is 4.39 Å². The summed E-state index contributed by atoms with van der Waals surface area (Å²) >= 11 is 0. The Morgan fingerprint density at radius 2 is 1.87 bits per heavy atom. The Labute approximate surface area is 227 Å². The van der Waals surface area contributed by atoms with Gasteiger partial charge in [0.2, 0.25) is 0 Å². The van der Waals surface area contributed by atoms with Crippen LogP contribution in [0.4, 0.5) is 4.39 Å². The van der Waals surface area contributed by atoms with E-state index >= 15 is 4.39 Å². The van der Waals surface area contributed by atoms with Crippen molar-refractivity contribution >= 4 is 5.97 Å². The molecule has 6 heteroatoms. The monoisotopic (exact) mass is 523 g/mol. The number of carboxylic acids is 1. The van der Waals surface area contributed by atoms with Gasteiger partial charge in [0.25, 0.3) is 0 Å². The van der Waals surface area contributed by atoms with Crippen LogP contribution in [0.1, 0.15) is 58.2 Å². The number of aryl methyl sites for hydroxylation is 3. The molecule has 1 aliphatic heterocycles. The summed E-state index contributed by atoms with van der Waals surface area (Å²) in [5, 5.41) is 9.16. The summed E-state index contributed by atoms with van der Waals surface area (Å²) in [6.07, 6.45) is 2.82. The first-order valence-electron chi connectivity index (χ1n) is 13.3. The lowest BCUT2D eigenvalue weighted by Gasteiger charge is -2.19. The molecule has 39 heavy (non-hydrogen) atoms. The van der Waals surface area contributed by atoms with Crippen molar-refractivity contribution in [3.63, 3.8) is 0 Å². The fraction of sp³-hybridized carbons (Fsp3) is 0.273. The molecule has 4 aromatic rings. The Hall–Kier alpha value is -4.19. The smallest absolute Gasteiger partial charge is 0.304 e. The second-order valence-electron chi connectivity index (χ2n) is 10.6. The molecule has 0 spiro atoms. The number of benzene rings is 3. The normalized spacial score (nSPS) is 17.4. The Balaban J connectivity index is 1.32. The van der Waals surface area contributed by atoms with Crippen LogP contribution in [0.2, 0.25) is 0 Å². The third-order valence-corrected chi connectivity index (χ3v) is 7.93. The molecule has 1 unspecified atom stereocenters. The molecular formula is C33H30FNO4. The number of carboxylic acid groups (broad SMARTS) is 1. The minimum Gasteiger partial charge on any atom is -0.492 e. The lowest BCUT2D eigenvalue weighted by atomic mass is 9.88. The molecule has 1 aliphatic carbocycles. The third kappa shape index (κ3) is 4.54. The van der Waals surface area contributed by atoms with E-state index in [2.05, 4.69) is 44.0 Å². The topological polar surface area (TPSA) is 68.7 Å². The molecule has 5 nitrogen and oxygen atoms in total. The summed E-state index contributed by atoms with van der Waals surface area (Å²) in [5.41, 5.74) is 10.1. The van der Waals surface area contributed by atoms with E-state index in [4.69, 9.17) is 14.6 Å². The van der Waals surface area contributed by atoms with Crippen LogP contribution in [-0.4, -0.2) is 22.7 Å². The van der Waals surface area contributed by atoms with Crippen molar-refractivity contribution in [1.29, 1.82) is 0 Å². The van der Waals surface area contributed by atoms with E-state index in [0.29, 0.717) is 30.1 Å². The van der Waals surface area contributed by atoms with Gasteiger partial charge in [-0.1, -0.05) is 18.2 Å². The molecule has 1 N–H and O–H groups in total. The van der Waals surface area contributed by atoms with Crippen LogP contribution < -0.4 is 9.47 Å². The molecule has 0 amide bonds. The Bertz CT molecular complexity index is 1590. The zero-order chi connectivity index (χ0) is 27.3. The van der Waals surface area contributed by atoms with Gasteiger partial charge in [0.1, 0.15) is 23.4 Å². The number of aliphatic carboxylic acids is 1. The first-order chi connectivity index (χ1) is 18.8. The minimum absolute atomic E-state index is 0.0263. The maximum Gasteiger partial charge on any atom is 0.304 e. The Morgan fingerprint density at radius 1 is 1.08 bits per heavy atom. The van der Waals surface area contributed by atoms with Crippen LogP contribution in [0, 0.1) is 26.6 Å². The van der Waals surface area contributed by atoms with Gasteiger partial charge < -0.3 is 14.6 Å². The molecule has 6 rings (SSSR count). The first-order valence-corrected chi connectivity index (χ1v) is 13.3. The molecule has 0 fully saturated rings. The molecular weight excluding hydrogens is 493 g/mol. The number of carbonyl (C=O) groups is 1. The molecule has 2 heterocycles. The second-order valence-corrected chi connectivity index (χ2v) is 10.6. The van der Waals surface area contributed by atoms with Crippen LogP contribution in [0.3, 0.4) is 0 Å². The largest absolute Gasteiger partial charge is 0.492 e. The van der Waals surface area contributed by atoms with Crippen molar-refractivity contribution in [1.82, 2.24) is 4.98 Å². The van der Waals surface area contributed by atoms with Crippen LogP contribution in [0.5, 0.6) is 11.5 Å². The van der Waals surface area contributed by atoms with E-state index < -0.39 is 12.1 Å². The van der Waals surface area contributed by atoms with Gasteiger partial charge in [0.05, 0.1) is 18.7 Å². The van der Waals surface area contributed by atoms with E-state index in [-0.39, 0.29) is 18.2 Å². The van der Waals surface area contributed by atoms with Gasteiger partial charge in [-0.2, -0.15) is 0 Å². The fourth-order valence-corrected chi connectivity index (χ4v) is 6.21. The highest BCUT2D eigenvalue weighted by molar-refractivity contribution is 5.79. The summed E-state index contributed by atoms with van der Waals surface area (Å²) in [6, 6.07) is 17.3. The SMILES string of the molecule is Cc1cccnc1-c1cc(C)c(-c2ccc(F)c3c2CCC3Oc2ccc3c(c2)OC[C@H]3CC(=O)O)c(C)c1. The number of aromatic nitrogens is 1. The van der Waals surface area contributed by atoms with Crippen molar-refractivity contribution in [3.8, 4) is 33.9 Å². The van der Waals surface area contributed by atoms with Crippen LogP contribution in [0.25, 0.3) is 22.4 Å². The van der Waals surface area contributed by atoms with Crippen LogP contribution in [0.15, 0.2) is 60.8 Å². The van der Waals surface area contributed by atoms with Crippen molar-refractivity contribution in [2.45, 2.75) is 52.1 Å². The number of pyridine rings is 1. The zero-order valence-corrected chi connectivity index (χ0v) is 22.3. The lowest BCUT2D eigenvalue weighted by Crippen LogP contribution is -2.07. The summed E-state index contributed by atoms with van der Waals surface area (Å²) < 4.78 is 27.4. The Morgan fingerprint density at radius 3 is 2.62 bits per heavy atom. The standard InChI is InChI=1S/C33H30FNO4/c1-18-5-4-12-35-33(18)21-13-19(2)31(20(3)14-21)25-8-10-27(34)32-26(25)9-11-28(32)39-23-6-7-24-22(15-30(36)37)17-38-29(24)16-23/h4-8,10,12-14,16,22,28H,9,11,15,17H2,1-3H3,(H,36,37)/t22-,28?/m1/s1. The van der Waals surface area contributed by atoms with Crippen molar-refractivity contribution in [3.05, 3.63) is 100.0 Å². The van der Waals surface area contributed by atoms with E-state index in [1.807, 2.05) is 30.5 Å². The number of hydrogen-bond donors (Lipinski definition) is 1. The summed E-state index contributed by atoms with van der Waals surface area (Å²) in [4.78, 5) is 15.7. The molecule has 198 valence electrons. The third-order valence-electron chi connectivity index (χ3n) is 7.93. The number of ether oxygens (including phenoxy) is 2. The van der Waals surface area contributed by atoms with E-state index in [0.717, 1.165) is 56.6 Å². The predicted octanol–water partition coefficient (Wildman–Crippen LogP) is 7.50. The highest BCUT2D eigenvalue weighted by Gasteiger charge is 2.32. The van der Waals surface area contributed by atoms with Gasteiger partial charge in [0, 0.05) is 34.9 Å². The van der Waals surface area contributed by atoms with Crippen molar-refractivity contribution in [2.24, 2.45) is 0 Å². The van der Waals surface area contributed by atoms with Crippen LogP contribution in [-0.2, 0) is 11.2 Å². The summed E-state index contributed by atoms with van der Waals surface area (Å²) in [7, 11) is 0. The average Bonchev–Trinajstić information content (AvgIpc) is 3.49. The van der Waals surface area contributed by atoms with Crippen LogP contribution >= 0.6 is 0 Å². The number of nitrogens with zero attached hydrogens (tertiary/aromatic N) is 1. The van der Waals surface area contributed by atoms with E-state index in [1.165, 1.54) is 0 Å². The fourth-order valence-electron chi connectivity index (χ4n) is 6.21. The van der Waals surface area contributed by atoms with Crippen molar-refractivity contribution < 1.29 is 23.8 Å². The molecule has 0 radical (unpaired) electrons. The van der Waals surface area contributed by atoms with Crippen molar-refractivity contribution in [2.75, 3.05) is 6.61 Å². The van der Waals surface area contributed by atoms with Gasteiger partial charge in [-0.15, -0.1) is 0 Å². The number of fused-ring (bicyclic) bond motifs is 2. The van der Waals surface area contributed by atoms with E-state index in [9.17, 15) is 4.79 Å². The van der Waals surface area contributed by atoms with E-state index in [1.54, 1.807) is 12.1 Å². The average molecular weight is 524 g/mol. The lowest BCUT2D eigenvalue weighted by molar-refractivity contribution is -0.137. The maximum atomic E-state index is 15.3. The molecule has 2 atom stereocenters. The zero-order valence-electron chi connectivity index (χ0n) is 22.3. The highest BCUT2D eigenvalue weighted by Crippen LogP contribution is 2.45.